The molecule has 2 bridgehead atoms. The van der Waals surface area contributed by atoms with Crippen LogP contribution >= 0.6 is 0 Å². The first-order valence-corrected chi connectivity index (χ1v) is 9.35. The third kappa shape index (κ3) is 2.69. The molecule has 2 aromatic carbocycles. The zero-order chi connectivity index (χ0) is 17.5. The quantitative estimate of drug-likeness (QED) is 0.766. The predicted octanol–water partition coefficient (Wildman–Crippen LogP) is 3.05. The van der Waals surface area contributed by atoms with Crippen LogP contribution in [0.3, 0.4) is 0 Å². The highest BCUT2D eigenvalue weighted by molar-refractivity contribution is 6.05. The van der Waals surface area contributed by atoms with E-state index < -0.39 is 0 Å². The monoisotopic (exact) mass is 346 g/mol. The zero-order valence-corrected chi connectivity index (χ0v) is 14.6. The molecule has 2 N–H and O–H groups in total. The molecule has 4 heterocycles. The number of nitrogens with one attached hydrogen (secondary N) is 2. The van der Waals surface area contributed by atoms with Gasteiger partial charge in [0, 0.05) is 18.0 Å². The van der Waals surface area contributed by atoms with Crippen LogP contribution in [0.15, 0.2) is 48.5 Å². The summed E-state index contributed by atoms with van der Waals surface area (Å²) in [5.41, 5.74) is 3.62. The van der Waals surface area contributed by atoms with Crippen molar-refractivity contribution in [3.05, 3.63) is 54.2 Å². The van der Waals surface area contributed by atoms with Crippen molar-refractivity contribution in [3.63, 3.8) is 0 Å². The van der Waals surface area contributed by atoms with Gasteiger partial charge in [-0.3, -0.25) is 9.89 Å². The van der Waals surface area contributed by atoms with Crippen molar-refractivity contribution in [2.75, 3.05) is 19.6 Å². The normalized spacial score (nSPS) is 24.7. The molecule has 0 spiro atoms. The van der Waals surface area contributed by atoms with Gasteiger partial charge in [-0.05, 0) is 55.1 Å². The first-order valence-electron chi connectivity index (χ1n) is 9.35. The third-order valence-corrected chi connectivity index (χ3v) is 5.86. The number of benzene rings is 2. The standard InChI is InChI=1S/C21H22N4O/c26-21(22-19-13-25-10-8-15(19)9-11-25)20-17-12-16(6-7-18(17)23-24-20)14-4-2-1-3-5-14/h1-7,12,15,19H,8-11,13H2,(H,22,26)(H,23,24)/t19-/m0/s1. The van der Waals surface area contributed by atoms with Gasteiger partial charge in [-0.1, -0.05) is 36.4 Å². The number of carbonyl (C=O) groups is 1. The van der Waals surface area contributed by atoms with E-state index in [1.165, 1.54) is 25.9 Å². The number of aromatic nitrogens is 2. The van der Waals surface area contributed by atoms with Crippen molar-refractivity contribution in [1.29, 1.82) is 0 Å². The van der Waals surface area contributed by atoms with Gasteiger partial charge < -0.3 is 10.2 Å². The zero-order valence-electron chi connectivity index (χ0n) is 14.6. The van der Waals surface area contributed by atoms with Gasteiger partial charge in [-0.2, -0.15) is 5.10 Å². The number of piperidine rings is 3. The molecule has 5 heteroatoms. The molecule has 3 aliphatic rings. The second-order valence-corrected chi connectivity index (χ2v) is 7.42. The highest BCUT2D eigenvalue weighted by atomic mass is 16.2. The van der Waals surface area contributed by atoms with E-state index in [4.69, 9.17) is 0 Å². The maximum absolute atomic E-state index is 12.9. The molecule has 1 amide bonds. The fourth-order valence-corrected chi connectivity index (χ4v) is 4.36. The first kappa shape index (κ1) is 15.6. The van der Waals surface area contributed by atoms with Crippen molar-refractivity contribution in [2.45, 2.75) is 18.9 Å². The lowest BCUT2D eigenvalue weighted by molar-refractivity contribution is 0.0618. The fourth-order valence-electron chi connectivity index (χ4n) is 4.36. The minimum Gasteiger partial charge on any atom is -0.346 e. The molecule has 0 unspecified atom stereocenters. The Morgan fingerprint density at radius 1 is 1.08 bits per heavy atom. The van der Waals surface area contributed by atoms with Crippen LogP contribution in [0.1, 0.15) is 23.3 Å². The average molecular weight is 346 g/mol. The Hall–Kier alpha value is -2.66. The first-order chi connectivity index (χ1) is 12.8. The minimum atomic E-state index is -0.0692. The van der Waals surface area contributed by atoms with Gasteiger partial charge in [0.2, 0.25) is 0 Å². The Balaban J connectivity index is 1.44. The number of H-pyrrole nitrogens is 1. The van der Waals surface area contributed by atoms with E-state index in [9.17, 15) is 4.79 Å². The largest absolute Gasteiger partial charge is 0.346 e. The van der Waals surface area contributed by atoms with Crippen LogP contribution in [0, 0.1) is 5.92 Å². The number of carbonyl (C=O) groups excluding carboxylic acids is 1. The molecule has 132 valence electrons. The van der Waals surface area contributed by atoms with Gasteiger partial charge in [-0.25, -0.2) is 0 Å². The molecule has 3 aromatic rings. The second kappa shape index (κ2) is 6.25. The topological polar surface area (TPSA) is 61.0 Å². The van der Waals surface area contributed by atoms with E-state index in [1.54, 1.807) is 0 Å². The Morgan fingerprint density at radius 3 is 2.62 bits per heavy atom. The molecule has 26 heavy (non-hydrogen) atoms. The third-order valence-electron chi connectivity index (χ3n) is 5.86. The van der Waals surface area contributed by atoms with Gasteiger partial charge in [0.25, 0.3) is 5.91 Å². The molecule has 6 rings (SSSR count). The lowest BCUT2D eigenvalue weighted by atomic mass is 9.84. The molecule has 5 nitrogen and oxygen atoms in total. The van der Waals surface area contributed by atoms with Crippen molar-refractivity contribution in [2.24, 2.45) is 5.92 Å². The summed E-state index contributed by atoms with van der Waals surface area (Å²) in [5.74, 6) is 0.536. The van der Waals surface area contributed by atoms with Crippen LogP contribution in [0.2, 0.25) is 0 Å². The molecular weight excluding hydrogens is 324 g/mol. The Kier molecular flexibility index (Phi) is 3.75. The molecule has 3 fully saturated rings. The maximum atomic E-state index is 12.9. The molecule has 3 saturated heterocycles. The van der Waals surface area contributed by atoms with Crippen LogP contribution in [0.4, 0.5) is 0 Å². The smallest absolute Gasteiger partial charge is 0.272 e. The molecule has 0 saturated carbocycles. The molecular formula is C21H22N4O. The number of fused-ring (bicyclic) bond motifs is 4. The van der Waals surface area contributed by atoms with Crippen LogP contribution < -0.4 is 5.32 Å². The summed E-state index contributed by atoms with van der Waals surface area (Å²) in [6.07, 6.45) is 2.37. The van der Waals surface area contributed by atoms with Crippen molar-refractivity contribution >= 4 is 16.8 Å². The number of hydrogen-bond donors (Lipinski definition) is 2. The van der Waals surface area contributed by atoms with E-state index in [1.807, 2.05) is 24.3 Å². The van der Waals surface area contributed by atoms with Gasteiger partial charge in [-0.15, -0.1) is 0 Å². The van der Waals surface area contributed by atoms with Crippen molar-refractivity contribution < 1.29 is 4.79 Å². The minimum absolute atomic E-state index is 0.0692. The molecule has 1 aromatic heterocycles. The highest BCUT2D eigenvalue weighted by Crippen LogP contribution is 2.29. The second-order valence-electron chi connectivity index (χ2n) is 7.42. The maximum Gasteiger partial charge on any atom is 0.272 e. The molecule has 1 atom stereocenters. The lowest BCUT2D eigenvalue weighted by Crippen LogP contribution is -2.57. The molecule has 3 aliphatic heterocycles. The lowest BCUT2D eigenvalue weighted by Gasteiger charge is -2.44. The van der Waals surface area contributed by atoms with E-state index in [0.29, 0.717) is 11.6 Å². The molecule has 0 radical (unpaired) electrons. The number of amides is 1. The number of rotatable bonds is 3. The predicted molar refractivity (Wildman–Crippen MR) is 102 cm³/mol. The van der Waals surface area contributed by atoms with Crippen LogP contribution in [0.5, 0.6) is 0 Å². The van der Waals surface area contributed by atoms with E-state index in [-0.39, 0.29) is 11.9 Å². The number of aromatic amines is 1. The number of hydrogen-bond acceptors (Lipinski definition) is 3. The van der Waals surface area contributed by atoms with Gasteiger partial charge >= 0.3 is 0 Å². The van der Waals surface area contributed by atoms with E-state index >= 15 is 0 Å². The summed E-state index contributed by atoms with van der Waals surface area (Å²) in [6, 6.07) is 16.6. The van der Waals surface area contributed by atoms with Crippen LogP contribution in [-0.4, -0.2) is 46.7 Å². The SMILES string of the molecule is O=C(N[C@H]1CN2CCC1CC2)c1n[nH]c2ccc(-c3ccccc3)cc12. The van der Waals surface area contributed by atoms with Gasteiger partial charge in [0.15, 0.2) is 5.69 Å². The van der Waals surface area contributed by atoms with Crippen LogP contribution in [-0.2, 0) is 0 Å². The molecule has 0 aliphatic carbocycles. The summed E-state index contributed by atoms with van der Waals surface area (Å²) in [4.78, 5) is 15.3. The summed E-state index contributed by atoms with van der Waals surface area (Å²) < 4.78 is 0. The van der Waals surface area contributed by atoms with Gasteiger partial charge in [0.1, 0.15) is 0 Å². The summed E-state index contributed by atoms with van der Waals surface area (Å²) in [5, 5.41) is 11.4. The average Bonchev–Trinajstić information content (AvgIpc) is 3.13. The Morgan fingerprint density at radius 2 is 1.88 bits per heavy atom. The summed E-state index contributed by atoms with van der Waals surface area (Å²) in [6.45, 7) is 3.31. The summed E-state index contributed by atoms with van der Waals surface area (Å²) >= 11 is 0. The summed E-state index contributed by atoms with van der Waals surface area (Å²) in [7, 11) is 0. The fraction of sp³-hybridized carbons (Fsp3) is 0.333. The van der Waals surface area contributed by atoms with E-state index in [0.717, 1.165) is 28.6 Å². The van der Waals surface area contributed by atoms with Crippen molar-refractivity contribution in [1.82, 2.24) is 20.4 Å². The van der Waals surface area contributed by atoms with Crippen molar-refractivity contribution in [3.8, 4) is 11.1 Å². The Labute approximate surface area is 152 Å². The van der Waals surface area contributed by atoms with Gasteiger partial charge in [0.05, 0.1) is 5.52 Å². The van der Waals surface area contributed by atoms with E-state index in [2.05, 4.69) is 44.7 Å². The van der Waals surface area contributed by atoms with Crippen LogP contribution in [0.25, 0.3) is 22.0 Å². The Bertz CT molecular complexity index is 941. The number of nitrogens with zero attached hydrogens (tertiary/aromatic N) is 2. The highest BCUT2D eigenvalue weighted by Gasteiger charge is 2.35.